The monoisotopic (exact) mass is 278 g/mol. The van der Waals surface area contributed by atoms with Gasteiger partial charge in [0.1, 0.15) is 0 Å². The summed E-state index contributed by atoms with van der Waals surface area (Å²) < 4.78 is 2.65. The zero-order chi connectivity index (χ0) is 11.5. The molecule has 16 heavy (non-hydrogen) atoms. The maximum atomic E-state index is 12.1. The van der Waals surface area contributed by atoms with Gasteiger partial charge in [-0.15, -0.1) is 0 Å². The minimum atomic E-state index is 0.000926. The van der Waals surface area contributed by atoms with Crippen molar-refractivity contribution in [2.45, 2.75) is 13.5 Å². The van der Waals surface area contributed by atoms with Crippen molar-refractivity contribution in [2.24, 2.45) is 0 Å². The molecule has 1 heterocycles. The number of aromatic nitrogens is 2. The van der Waals surface area contributed by atoms with E-state index in [4.69, 9.17) is 0 Å². The van der Waals surface area contributed by atoms with Gasteiger partial charge in [-0.2, -0.15) is 5.10 Å². The van der Waals surface area contributed by atoms with Crippen LogP contribution in [-0.2, 0) is 6.54 Å². The highest BCUT2D eigenvalue weighted by molar-refractivity contribution is 9.10. The fourth-order valence-corrected chi connectivity index (χ4v) is 1.85. The lowest BCUT2D eigenvalue weighted by Crippen LogP contribution is -2.00. The molecule has 2 aromatic rings. The number of rotatable bonds is 3. The third-order valence-electron chi connectivity index (χ3n) is 2.31. The van der Waals surface area contributed by atoms with Gasteiger partial charge in [0.15, 0.2) is 5.78 Å². The number of hydrogen-bond donors (Lipinski definition) is 0. The van der Waals surface area contributed by atoms with Crippen LogP contribution in [0.5, 0.6) is 0 Å². The SMILES string of the molecule is CCn1cc(C(=O)c2cccc(Br)c2)cn1. The molecular weight excluding hydrogens is 268 g/mol. The maximum Gasteiger partial charge on any atom is 0.196 e. The maximum absolute atomic E-state index is 12.1. The normalized spacial score (nSPS) is 10.4. The summed E-state index contributed by atoms with van der Waals surface area (Å²) in [5.41, 5.74) is 1.30. The van der Waals surface area contributed by atoms with E-state index in [1.807, 2.05) is 25.1 Å². The van der Waals surface area contributed by atoms with E-state index in [0.29, 0.717) is 11.1 Å². The molecule has 0 radical (unpaired) electrons. The first kappa shape index (κ1) is 11.1. The second-order valence-corrected chi connectivity index (χ2v) is 4.34. The Kier molecular flexibility index (Phi) is 3.19. The van der Waals surface area contributed by atoms with Crippen molar-refractivity contribution in [3.05, 3.63) is 52.3 Å². The topological polar surface area (TPSA) is 34.9 Å². The molecule has 0 saturated heterocycles. The number of aryl methyl sites for hydroxylation is 1. The van der Waals surface area contributed by atoms with Crippen molar-refractivity contribution in [3.63, 3.8) is 0 Å². The summed E-state index contributed by atoms with van der Waals surface area (Å²) in [5, 5.41) is 4.09. The summed E-state index contributed by atoms with van der Waals surface area (Å²) in [5.74, 6) is 0.000926. The largest absolute Gasteiger partial charge is 0.288 e. The van der Waals surface area contributed by atoms with Gasteiger partial charge in [-0.3, -0.25) is 9.48 Å². The van der Waals surface area contributed by atoms with Crippen molar-refractivity contribution >= 4 is 21.7 Å². The van der Waals surface area contributed by atoms with E-state index in [-0.39, 0.29) is 5.78 Å². The molecule has 0 bridgehead atoms. The van der Waals surface area contributed by atoms with Crippen LogP contribution < -0.4 is 0 Å². The van der Waals surface area contributed by atoms with Crippen LogP contribution in [0.25, 0.3) is 0 Å². The first-order valence-electron chi connectivity index (χ1n) is 5.03. The van der Waals surface area contributed by atoms with E-state index >= 15 is 0 Å². The molecule has 0 aliphatic rings. The minimum Gasteiger partial charge on any atom is -0.288 e. The zero-order valence-electron chi connectivity index (χ0n) is 8.85. The van der Waals surface area contributed by atoms with E-state index in [2.05, 4.69) is 21.0 Å². The molecule has 82 valence electrons. The van der Waals surface area contributed by atoms with Crippen molar-refractivity contribution < 1.29 is 4.79 Å². The standard InChI is InChI=1S/C12H11BrN2O/c1-2-15-8-10(7-14-15)12(16)9-4-3-5-11(13)6-9/h3-8H,2H2,1H3. The lowest BCUT2D eigenvalue weighted by atomic mass is 10.1. The van der Waals surface area contributed by atoms with Crippen LogP contribution in [0.2, 0.25) is 0 Å². The summed E-state index contributed by atoms with van der Waals surface area (Å²) >= 11 is 3.35. The molecule has 3 nitrogen and oxygen atoms in total. The van der Waals surface area contributed by atoms with Gasteiger partial charge in [0.05, 0.1) is 11.8 Å². The molecule has 0 unspecified atom stereocenters. The van der Waals surface area contributed by atoms with E-state index in [9.17, 15) is 4.79 Å². The summed E-state index contributed by atoms with van der Waals surface area (Å²) in [6.45, 7) is 2.76. The molecule has 0 atom stereocenters. The van der Waals surface area contributed by atoms with Crippen molar-refractivity contribution in [2.75, 3.05) is 0 Å². The van der Waals surface area contributed by atoms with E-state index < -0.39 is 0 Å². The third-order valence-corrected chi connectivity index (χ3v) is 2.80. The number of nitrogens with zero attached hydrogens (tertiary/aromatic N) is 2. The predicted molar refractivity (Wildman–Crippen MR) is 65.5 cm³/mol. The van der Waals surface area contributed by atoms with Gasteiger partial charge in [0.25, 0.3) is 0 Å². The number of halogens is 1. The van der Waals surface area contributed by atoms with Crippen molar-refractivity contribution in [1.29, 1.82) is 0 Å². The van der Waals surface area contributed by atoms with E-state index in [0.717, 1.165) is 11.0 Å². The molecule has 0 fully saturated rings. The molecule has 2 rings (SSSR count). The number of benzene rings is 1. The second kappa shape index (κ2) is 4.61. The fraction of sp³-hybridized carbons (Fsp3) is 0.167. The van der Waals surface area contributed by atoms with Crippen LogP contribution in [0.15, 0.2) is 41.1 Å². The highest BCUT2D eigenvalue weighted by Crippen LogP contribution is 2.15. The highest BCUT2D eigenvalue weighted by atomic mass is 79.9. The van der Waals surface area contributed by atoms with Gasteiger partial charge in [-0.1, -0.05) is 28.1 Å². The van der Waals surface area contributed by atoms with Crippen LogP contribution in [0.4, 0.5) is 0 Å². The lowest BCUT2D eigenvalue weighted by molar-refractivity contribution is 0.103. The summed E-state index contributed by atoms with van der Waals surface area (Å²) in [7, 11) is 0. The fourth-order valence-electron chi connectivity index (χ4n) is 1.45. The van der Waals surface area contributed by atoms with Crippen LogP contribution >= 0.6 is 15.9 Å². The van der Waals surface area contributed by atoms with Gasteiger partial charge in [-0.25, -0.2) is 0 Å². The van der Waals surface area contributed by atoms with Gasteiger partial charge in [0, 0.05) is 22.8 Å². The van der Waals surface area contributed by atoms with E-state index in [1.54, 1.807) is 23.1 Å². The molecule has 1 aromatic carbocycles. The van der Waals surface area contributed by atoms with Crippen LogP contribution in [0.3, 0.4) is 0 Å². The minimum absolute atomic E-state index is 0.000926. The number of carbonyl (C=O) groups excluding carboxylic acids is 1. The first-order valence-corrected chi connectivity index (χ1v) is 5.82. The summed E-state index contributed by atoms with van der Waals surface area (Å²) in [6, 6.07) is 7.36. The molecule has 4 heteroatoms. The Morgan fingerprint density at radius 3 is 2.88 bits per heavy atom. The van der Waals surface area contributed by atoms with Crippen molar-refractivity contribution in [3.8, 4) is 0 Å². The van der Waals surface area contributed by atoms with Gasteiger partial charge >= 0.3 is 0 Å². The smallest absolute Gasteiger partial charge is 0.196 e. The van der Waals surface area contributed by atoms with Crippen molar-refractivity contribution in [1.82, 2.24) is 9.78 Å². The summed E-state index contributed by atoms with van der Waals surface area (Å²) in [6.07, 6.45) is 3.37. The molecule has 0 spiro atoms. The van der Waals surface area contributed by atoms with Crippen LogP contribution in [0, 0.1) is 0 Å². The Morgan fingerprint density at radius 2 is 2.25 bits per heavy atom. The van der Waals surface area contributed by atoms with Gasteiger partial charge in [-0.05, 0) is 19.1 Å². The van der Waals surface area contributed by atoms with E-state index in [1.165, 1.54) is 0 Å². The van der Waals surface area contributed by atoms with Crippen LogP contribution in [-0.4, -0.2) is 15.6 Å². The first-order chi connectivity index (χ1) is 7.70. The molecule has 0 saturated carbocycles. The molecule has 0 amide bonds. The molecular formula is C12H11BrN2O. The number of ketones is 1. The highest BCUT2D eigenvalue weighted by Gasteiger charge is 2.11. The van der Waals surface area contributed by atoms with Crippen LogP contribution in [0.1, 0.15) is 22.8 Å². The molecule has 1 aromatic heterocycles. The Bertz CT molecular complexity index is 519. The Morgan fingerprint density at radius 1 is 1.44 bits per heavy atom. The quantitative estimate of drug-likeness (QED) is 0.810. The zero-order valence-corrected chi connectivity index (χ0v) is 10.4. The lowest BCUT2D eigenvalue weighted by Gasteiger charge is -1.98. The Labute approximate surface area is 102 Å². The molecule has 0 aliphatic carbocycles. The second-order valence-electron chi connectivity index (χ2n) is 3.42. The summed E-state index contributed by atoms with van der Waals surface area (Å²) in [4.78, 5) is 12.1. The number of hydrogen-bond acceptors (Lipinski definition) is 2. The average molecular weight is 279 g/mol. The Balaban J connectivity index is 2.31. The third kappa shape index (κ3) is 2.22. The molecule has 0 aliphatic heterocycles. The average Bonchev–Trinajstić information content (AvgIpc) is 2.76. The van der Waals surface area contributed by atoms with Gasteiger partial charge in [0.2, 0.25) is 0 Å². The predicted octanol–water partition coefficient (Wildman–Crippen LogP) is 2.90. The molecule has 0 N–H and O–H groups in total. The Hall–Kier alpha value is -1.42. The number of carbonyl (C=O) groups is 1. The van der Waals surface area contributed by atoms with Gasteiger partial charge < -0.3 is 0 Å².